The highest BCUT2D eigenvalue weighted by Gasteiger charge is 2.14. The van der Waals surface area contributed by atoms with E-state index in [0.717, 1.165) is 11.5 Å². The molecule has 0 heterocycles. The number of ether oxygens (including phenoxy) is 3. The maximum Gasteiger partial charge on any atom is 0.204 e. The van der Waals surface area contributed by atoms with Crippen LogP contribution >= 0.6 is 0 Å². The molecule has 0 N–H and O–H groups in total. The van der Waals surface area contributed by atoms with E-state index in [1.54, 1.807) is 0 Å². The Balaban J connectivity index is 2.25. The Morgan fingerprint density at radius 2 is 1.30 bits per heavy atom. The van der Waals surface area contributed by atoms with Gasteiger partial charge in [0, 0.05) is 0 Å². The monoisotopic (exact) mass is 314 g/mol. The van der Waals surface area contributed by atoms with Crippen LogP contribution in [0.3, 0.4) is 0 Å². The van der Waals surface area contributed by atoms with Gasteiger partial charge in [0.25, 0.3) is 0 Å². The van der Waals surface area contributed by atoms with Crippen molar-refractivity contribution in [2.45, 2.75) is 27.7 Å². The van der Waals surface area contributed by atoms with Gasteiger partial charge in [0.1, 0.15) is 5.75 Å². The van der Waals surface area contributed by atoms with Crippen molar-refractivity contribution in [1.29, 1.82) is 0 Å². The van der Waals surface area contributed by atoms with Crippen LogP contribution in [0.25, 0.3) is 0 Å². The van der Waals surface area contributed by atoms with E-state index in [1.165, 1.54) is 0 Å². The molecule has 2 rings (SSSR count). The Morgan fingerprint density at radius 1 is 0.696 bits per heavy atom. The SMILES string of the molecule is CC(C)COc1cccc(Oc2ccccc2)c1OCC(C)C. The molecule has 0 aliphatic carbocycles. The first-order chi connectivity index (χ1) is 11.1. The van der Waals surface area contributed by atoms with E-state index in [1.807, 2.05) is 48.5 Å². The highest BCUT2D eigenvalue weighted by atomic mass is 16.5. The summed E-state index contributed by atoms with van der Waals surface area (Å²) in [7, 11) is 0. The molecule has 3 heteroatoms. The Hall–Kier alpha value is -2.16. The number of hydrogen-bond acceptors (Lipinski definition) is 3. The molecule has 0 saturated heterocycles. The lowest BCUT2D eigenvalue weighted by atomic mass is 10.2. The lowest BCUT2D eigenvalue weighted by Crippen LogP contribution is -2.09. The highest BCUT2D eigenvalue weighted by Crippen LogP contribution is 2.40. The van der Waals surface area contributed by atoms with Crippen molar-refractivity contribution in [3.05, 3.63) is 48.5 Å². The molecule has 2 aromatic carbocycles. The quantitative estimate of drug-likeness (QED) is 0.639. The van der Waals surface area contributed by atoms with Crippen LogP contribution in [0.1, 0.15) is 27.7 Å². The Kier molecular flexibility index (Phi) is 6.33. The number of hydrogen-bond donors (Lipinski definition) is 0. The second-order valence-electron chi connectivity index (χ2n) is 6.41. The van der Waals surface area contributed by atoms with Crippen LogP contribution < -0.4 is 14.2 Å². The Bertz CT molecular complexity index is 591. The topological polar surface area (TPSA) is 27.7 Å². The van der Waals surface area contributed by atoms with Crippen LogP contribution in [-0.2, 0) is 0 Å². The van der Waals surface area contributed by atoms with Crippen molar-refractivity contribution in [2.75, 3.05) is 13.2 Å². The molecule has 0 amide bonds. The molecular formula is C20H26O3. The van der Waals surface area contributed by atoms with E-state index >= 15 is 0 Å². The normalized spacial score (nSPS) is 10.9. The maximum absolute atomic E-state index is 5.98. The van der Waals surface area contributed by atoms with Gasteiger partial charge in [-0.15, -0.1) is 0 Å². The van der Waals surface area contributed by atoms with E-state index in [-0.39, 0.29) is 0 Å². The third-order valence-corrected chi connectivity index (χ3v) is 3.05. The molecule has 0 aromatic heterocycles. The van der Waals surface area contributed by atoms with Gasteiger partial charge in [-0.05, 0) is 36.1 Å². The van der Waals surface area contributed by atoms with Gasteiger partial charge in [-0.3, -0.25) is 0 Å². The van der Waals surface area contributed by atoms with Crippen LogP contribution in [0.2, 0.25) is 0 Å². The molecule has 124 valence electrons. The van der Waals surface area contributed by atoms with Crippen molar-refractivity contribution in [1.82, 2.24) is 0 Å². The maximum atomic E-state index is 5.98. The molecule has 0 aliphatic rings. The molecule has 0 atom stereocenters. The van der Waals surface area contributed by atoms with Gasteiger partial charge in [0.2, 0.25) is 5.75 Å². The first kappa shape index (κ1) is 17.2. The number of benzene rings is 2. The molecule has 0 unspecified atom stereocenters. The van der Waals surface area contributed by atoms with Gasteiger partial charge >= 0.3 is 0 Å². The average molecular weight is 314 g/mol. The molecule has 0 spiro atoms. The molecular weight excluding hydrogens is 288 g/mol. The summed E-state index contributed by atoms with van der Waals surface area (Å²) in [6.45, 7) is 9.75. The molecule has 0 saturated carbocycles. The zero-order chi connectivity index (χ0) is 16.7. The summed E-state index contributed by atoms with van der Waals surface area (Å²) in [5, 5.41) is 0. The summed E-state index contributed by atoms with van der Waals surface area (Å²) < 4.78 is 17.9. The second kappa shape index (κ2) is 8.47. The van der Waals surface area contributed by atoms with Crippen LogP contribution in [-0.4, -0.2) is 13.2 Å². The third kappa shape index (κ3) is 5.51. The minimum Gasteiger partial charge on any atom is -0.489 e. The number of para-hydroxylation sites is 2. The van der Waals surface area contributed by atoms with E-state index < -0.39 is 0 Å². The lowest BCUT2D eigenvalue weighted by Gasteiger charge is -2.18. The summed E-state index contributed by atoms with van der Waals surface area (Å²) in [5.74, 6) is 3.74. The summed E-state index contributed by atoms with van der Waals surface area (Å²) in [4.78, 5) is 0. The predicted molar refractivity (Wildman–Crippen MR) is 93.6 cm³/mol. The van der Waals surface area contributed by atoms with Crippen LogP contribution in [0.5, 0.6) is 23.0 Å². The molecule has 23 heavy (non-hydrogen) atoms. The molecule has 3 nitrogen and oxygen atoms in total. The van der Waals surface area contributed by atoms with Crippen molar-refractivity contribution in [3.63, 3.8) is 0 Å². The summed E-state index contributed by atoms with van der Waals surface area (Å²) >= 11 is 0. The first-order valence-electron chi connectivity index (χ1n) is 8.17. The average Bonchev–Trinajstić information content (AvgIpc) is 2.52. The zero-order valence-corrected chi connectivity index (χ0v) is 14.4. The molecule has 0 radical (unpaired) electrons. The molecule has 0 fully saturated rings. The van der Waals surface area contributed by atoms with E-state index in [4.69, 9.17) is 14.2 Å². The first-order valence-corrected chi connectivity index (χ1v) is 8.17. The molecule has 0 bridgehead atoms. The van der Waals surface area contributed by atoms with Crippen LogP contribution in [0.4, 0.5) is 0 Å². The third-order valence-electron chi connectivity index (χ3n) is 3.05. The lowest BCUT2D eigenvalue weighted by molar-refractivity contribution is 0.223. The van der Waals surface area contributed by atoms with E-state index in [9.17, 15) is 0 Å². The Morgan fingerprint density at radius 3 is 1.96 bits per heavy atom. The van der Waals surface area contributed by atoms with Crippen LogP contribution in [0.15, 0.2) is 48.5 Å². The minimum absolute atomic E-state index is 0.428. The van der Waals surface area contributed by atoms with Gasteiger partial charge < -0.3 is 14.2 Å². The second-order valence-corrected chi connectivity index (χ2v) is 6.41. The highest BCUT2D eigenvalue weighted by molar-refractivity contribution is 5.52. The van der Waals surface area contributed by atoms with Gasteiger partial charge in [-0.2, -0.15) is 0 Å². The van der Waals surface area contributed by atoms with Crippen molar-refractivity contribution in [2.24, 2.45) is 11.8 Å². The van der Waals surface area contributed by atoms with Gasteiger partial charge in [0.15, 0.2) is 11.5 Å². The fraction of sp³-hybridized carbons (Fsp3) is 0.400. The summed E-state index contributed by atoms with van der Waals surface area (Å²) in [5.41, 5.74) is 0. The van der Waals surface area contributed by atoms with Crippen molar-refractivity contribution in [3.8, 4) is 23.0 Å². The predicted octanol–water partition coefficient (Wildman–Crippen LogP) is 5.55. The zero-order valence-electron chi connectivity index (χ0n) is 14.4. The van der Waals surface area contributed by atoms with Crippen molar-refractivity contribution >= 4 is 0 Å². The van der Waals surface area contributed by atoms with E-state index in [0.29, 0.717) is 36.5 Å². The minimum atomic E-state index is 0.428. The fourth-order valence-electron chi connectivity index (χ4n) is 1.95. The standard InChI is InChI=1S/C20H26O3/c1-15(2)13-21-18-11-8-12-19(20(18)22-14-16(3)4)23-17-9-6-5-7-10-17/h5-12,15-16H,13-14H2,1-4H3. The van der Waals surface area contributed by atoms with Crippen molar-refractivity contribution < 1.29 is 14.2 Å². The fourth-order valence-corrected chi connectivity index (χ4v) is 1.95. The molecule has 2 aromatic rings. The van der Waals surface area contributed by atoms with E-state index in [2.05, 4.69) is 27.7 Å². The Labute approximate surface area is 139 Å². The van der Waals surface area contributed by atoms with Crippen LogP contribution in [0, 0.1) is 11.8 Å². The van der Waals surface area contributed by atoms with Gasteiger partial charge in [-0.1, -0.05) is 52.0 Å². The summed E-state index contributed by atoms with van der Waals surface area (Å²) in [6.07, 6.45) is 0. The smallest absolute Gasteiger partial charge is 0.204 e. The van der Waals surface area contributed by atoms with Gasteiger partial charge in [0.05, 0.1) is 13.2 Å². The molecule has 0 aliphatic heterocycles. The van der Waals surface area contributed by atoms with Gasteiger partial charge in [-0.25, -0.2) is 0 Å². The number of rotatable bonds is 8. The summed E-state index contributed by atoms with van der Waals surface area (Å²) in [6, 6.07) is 15.5. The largest absolute Gasteiger partial charge is 0.489 e.